The first kappa shape index (κ1) is 21.5. The van der Waals surface area contributed by atoms with Crippen LogP contribution in [-0.4, -0.2) is 67.4 Å². The molecule has 0 bridgehead atoms. The molecule has 0 aromatic heterocycles. The van der Waals surface area contributed by atoms with Crippen LogP contribution in [0.3, 0.4) is 0 Å². The zero-order chi connectivity index (χ0) is 20.4. The molecule has 2 rings (SSSR count). The number of ether oxygens (including phenoxy) is 2. The molecule has 1 aliphatic heterocycles. The molecular weight excluding hydrogens is 364 g/mol. The van der Waals surface area contributed by atoms with Crippen LogP contribution in [-0.2, 0) is 14.4 Å². The maximum absolute atomic E-state index is 12.4. The van der Waals surface area contributed by atoms with Crippen molar-refractivity contribution < 1.29 is 23.9 Å². The molecule has 3 N–H and O–H groups in total. The number of carbonyl (C=O) groups excluding carboxylic acids is 3. The second-order valence-electron chi connectivity index (χ2n) is 6.43. The molecular formula is C19H28N4O5. The average Bonchev–Trinajstić information content (AvgIpc) is 2.73. The van der Waals surface area contributed by atoms with Gasteiger partial charge in [0.05, 0.1) is 20.1 Å². The summed E-state index contributed by atoms with van der Waals surface area (Å²) >= 11 is 0. The smallest absolute Gasteiger partial charge is 0.233 e. The normalized spacial score (nSPS) is 13.8. The fraction of sp³-hybridized carbons (Fsp3) is 0.526. The van der Waals surface area contributed by atoms with Crippen LogP contribution in [0.2, 0.25) is 0 Å². The molecule has 28 heavy (non-hydrogen) atoms. The maximum atomic E-state index is 12.4. The minimum atomic E-state index is -0.279. The lowest BCUT2D eigenvalue weighted by Gasteiger charge is -2.35. The number of nitrogens with zero attached hydrogens (tertiary/aromatic N) is 2. The lowest BCUT2D eigenvalue weighted by molar-refractivity contribution is -0.140. The highest BCUT2D eigenvalue weighted by molar-refractivity contribution is 5.79. The fourth-order valence-corrected chi connectivity index (χ4v) is 2.98. The zero-order valence-electron chi connectivity index (χ0n) is 16.2. The Morgan fingerprint density at radius 2 is 1.54 bits per heavy atom. The van der Waals surface area contributed by atoms with Crippen molar-refractivity contribution in [1.29, 1.82) is 0 Å². The summed E-state index contributed by atoms with van der Waals surface area (Å²) in [6, 6.07) is 7.30. The van der Waals surface area contributed by atoms with E-state index >= 15 is 0 Å². The Balaban J connectivity index is 1.67. The molecule has 9 heteroatoms. The van der Waals surface area contributed by atoms with Crippen LogP contribution in [0.25, 0.3) is 0 Å². The number of carbonyl (C=O) groups is 3. The number of hydrogen-bond donors (Lipinski definition) is 2. The molecule has 1 saturated heterocycles. The molecule has 1 heterocycles. The molecule has 0 saturated carbocycles. The van der Waals surface area contributed by atoms with Gasteiger partial charge >= 0.3 is 0 Å². The quantitative estimate of drug-likeness (QED) is 0.355. The number of methoxy groups -OCH3 is 1. The van der Waals surface area contributed by atoms with Crippen molar-refractivity contribution in [3.63, 3.8) is 0 Å². The third-order valence-corrected chi connectivity index (χ3v) is 4.58. The minimum absolute atomic E-state index is 0.00149. The van der Waals surface area contributed by atoms with Crippen molar-refractivity contribution in [1.82, 2.24) is 15.2 Å². The van der Waals surface area contributed by atoms with Crippen LogP contribution in [0.4, 0.5) is 0 Å². The average molecular weight is 392 g/mol. The summed E-state index contributed by atoms with van der Waals surface area (Å²) in [5.74, 6) is 5.97. The summed E-state index contributed by atoms with van der Waals surface area (Å²) in [6.07, 6.45) is 1.25. The van der Waals surface area contributed by atoms with E-state index in [1.54, 1.807) is 29.0 Å². The number of rotatable bonds is 9. The van der Waals surface area contributed by atoms with Crippen LogP contribution >= 0.6 is 0 Å². The van der Waals surface area contributed by atoms with Gasteiger partial charge in [0.1, 0.15) is 0 Å². The molecule has 1 fully saturated rings. The minimum Gasteiger partial charge on any atom is -0.493 e. The van der Waals surface area contributed by atoms with E-state index in [9.17, 15) is 14.4 Å². The van der Waals surface area contributed by atoms with Gasteiger partial charge < -0.3 is 19.3 Å². The Morgan fingerprint density at radius 1 is 0.964 bits per heavy atom. The predicted octanol–water partition coefficient (Wildman–Crippen LogP) is 0.295. The second kappa shape index (κ2) is 11.1. The highest BCUT2D eigenvalue weighted by Crippen LogP contribution is 2.25. The van der Waals surface area contributed by atoms with Gasteiger partial charge in [0, 0.05) is 39.0 Å². The number of hydrazine groups is 1. The Hall–Kier alpha value is -2.81. The molecule has 1 aliphatic rings. The van der Waals surface area contributed by atoms with Crippen LogP contribution in [0, 0.1) is 0 Å². The van der Waals surface area contributed by atoms with E-state index in [-0.39, 0.29) is 37.2 Å². The fourth-order valence-electron chi connectivity index (χ4n) is 2.98. The van der Waals surface area contributed by atoms with E-state index < -0.39 is 0 Å². The van der Waals surface area contributed by atoms with Gasteiger partial charge in [0.15, 0.2) is 11.5 Å². The predicted molar refractivity (Wildman–Crippen MR) is 102 cm³/mol. The van der Waals surface area contributed by atoms with Crippen molar-refractivity contribution >= 4 is 17.7 Å². The van der Waals surface area contributed by atoms with E-state index in [2.05, 4.69) is 0 Å². The highest BCUT2D eigenvalue weighted by atomic mass is 16.5. The van der Waals surface area contributed by atoms with Crippen LogP contribution < -0.4 is 20.7 Å². The van der Waals surface area contributed by atoms with E-state index in [1.807, 2.05) is 17.6 Å². The topological polar surface area (TPSA) is 114 Å². The Labute approximate surface area is 164 Å². The number of benzene rings is 1. The summed E-state index contributed by atoms with van der Waals surface area (Å²) in [6.45, 7) is 2.27. The van der Waals surface area contributed by atoms with Crippen LogP contribution in [0.15, 0.2) is 24.3 Å². The van der Waals surface area contributed by atoms with Gasteiger partial charge in [-0.1, -0.05) is 12.1 Å². The van der Waals surface area contributed by atoms with Crippen molar-refractivity contribution in [2.24, 2.45) is 5.84 Å². The van der Waals surface area contributed by atoms with Crippen molar-refractivity contribution in [3.05, 3.63) is 24.3 Å². The summed E-state index contributed by atoms with van der Waals surface area (Å²) in [5.41, 5.74) is 2.04. The standard InChI is InChI=1S/C19H28N4O5/c1-27-15-5-2-3-6-16(15)28-14-9-19(26)23-12-10-22(11-13-23)18(25)8-4-7-17(24)21-20/h2-3,5-6H,4,7-14,20H2,1H3,(H,21,24). The SMILES string of the molecule is COc1ccccc1OCCC(=O)N1CCN(C(=O)CCCC(=O)NN)CC1. The molecule has 9 nitrogen and oxygen atoms in total. The van der Waals surface area contributed by atoms with Gasteiger partial charge in [-0.05, 0) is 18.6 Å². The maximum Gasteiger partial charge on any atom is 0.233 e. The summed E-state index contributed by atoms with van der Waals surface area (Å²) < 4.78 is 10.9. The summed E-state index contributed by atoms with van der Waals surface area (Å²) in [7, 11) is 1.57. The first-order chi connectivity index (χ1) is 13.5. The van der Waals surface area contributed by atoms with E-state index in [0.29, 0.717) is 50.5 Å². The number of hydrogen-bond acceptors (Lipinski definition) is 6. The van der Waals surface area contributed by atoms with Gasteiger partial charge in [-0.25, -0.2) is 5.84 Å². The molecule has 0 spiro atoms. The third kappa shape index (κ3) is 6.41. The third-order valence-electron chi connectivity index (χ3n) is 4.58. The number of amides is 3. The first-order valence-corrected chi connectivity index (χ1v) is 9.36. The molecule has 3 amide bonds. The molecule has 1 aromatic rings. The summed E-state index contributed by atoms with van der Waals surface area (Å²) in [5, 5.41) is 0. The largest absolute Gasteiger partial charge is 0.493 e. The van der Waals surface area contributed by atoms with Crippen LogP contribution in [0.5, 0.6) is 11.5 Å². The Kier molecular flexibility index (Phi) is 8.54. The van der Waals surface area contributed by atoms with Crippen molar-refractivity contribution in [2.45, 2.75) is 25.7 Å². The van der Waals surface area contributed by atoms with E-state index in [4.69, 9.17) is 15.3 Å². The van der Waals surface area contributed by atoms with Crippen molar-refractivity contribution in [3.8, 4) is 11.5 Å². The van der Waals surface area contributed by atoms with Gasteiger partial charge in [0.25, 0.3) is 0 Å². The number of para-hydroxylation sites is 2. The summed E-state index contributed by atoms with van der Waals surface area (Å²) in [4.78, 5) is 39.1. The first-order valence-electron chi connectivity index (χ1n) is 9.36. The van der Waals surface area contributed by atoms with E-state index in [1.165, 1.54) is 0 Å². The molecule has 154 valence electrons. The van der Waals surface area contributed by atoms with E-state index in [0.717, 1.165) is 0 Å². The number of piperazine rings is 1. The lowest BCUT2D eigenvalue weighted by atomic mass is 10.2. The van der Waals surface area contributed by atoms with Gasteiger partial charge in [-0.3, -0.25) is 19.8 Å². The molecule has 0 unspecified atom stereocenters. The van der Waals surface area contributed by atoms with Crippen LogP contribution in [0.1, 0.15) is 25.7 Å². The zero-order valence-corrected chi connectivity index (χ0v) is 16.2. The highest BCUT2D eigenvalue weighted by Gasteiger charge is 2.23. The van der Waals surface area contributed by atoms with Gasteiger partial charge in [-0.2, -0.15) is 0 Å². The van der Waals surface area contributed by atoms with Crippen molar-refractivity contribution in [2.75, 3.05) is 39.9 Å². The van der Waals surface area contributed by atoms with Gasteiger partial charge in [0.2, 0.25) is 17.7 Å². The number of nitrogens with one attached hydrogen (secondary N) is 1. The second-order valence-corrected chi connectivity index (χ2v) is 6.43. The molecule has 1 aromatic carbocycles. The molecule has 0 aliphatic carbocycles. The lowest BCUT2D eigenvalue weighted by Crippen LogP contribution is -2.50. The Morgan fingerprint density at radius 3 is 2.11 bits per heavy atom. The Bertz CT molecular complexity index is 674. The van der Waals surface area contributed by atoms with Gasteiger partial charge in [-0.15, -0.1) is 0 Å². The molecule has 0 atom stereocenters. The molecule has 0 radical (unpaired) electrons. The monoisotopic (exact) mass is 392 g/mol. The number of nitrogens with two attached hydrogens (primary N) is 1.